The van der Waals surface area contributed by atoms with Gasteiger partial charge in [0.1, 0.15) is 19.0 Å². The maximum atomic E-state index is 12.8. The first-order valence-electron chi connectivity index (χ1n) is 7.46. The molecule has 2 aromatic carbocycles. The molecule has 0 spiro atoms. The Morgan fingerprint density at radius 1 is 1.00 bits per heavy atom. The van der Waals surface area contributed by atoms with Crippen LogP contribution in [0.15, 0.2) is 48.5 Å². The van der Waals surface area contributed by atoms with Crippen molar-refractivity contribution in [1.82, 2.24) is 5.32 Å². The van der Waals surface area contributed by atoms with E-state index in [0.717, 1.165) is 5.56 Å². The highest BCUT2D eigenvalue weighted by Crippen LogP contribution is 2.08. The molecule has 2 N–H and O–H groups in total. The molecule has 2 rings (SSSR count). The summed E-state index contributed by atoms with van der Waals surface area (Å²) in [6, 6.07) is 14.1. The lowest BCUT2D eigenvalue weighted by Gasteiger charge is -2.07. The van der Waals surface area contributed by atoms with Gasteiger partial charge in [-0.1, -0.05) is 12.1 Å². The van der Waals surface area contributed by atoms with Gasteiger partial charge in [-0.3, -0.25) is 9.59 Å². The second-order valence-electron chi connectivity index (χ2n) is 5.13. The lowest BCUT2D eigenvalue weighted by atomic mass is 10.2. The van der Waals surface area contributed by atoms with Crippen LogP contribution in [0.4, 0.5) is 10.1 Å². The largest absolute Gasteiger partial charge is 0.362 e. The van der Waals surface area contributed by atoms with Gasteiger partial charge in [0, 0.05) is 12.2 Å². The average molecular weight is 341 g/mol. The van der Waals surface area contributed by atoms with E-state index in [0.29, 0.717) is 11.3 Å². The minimum absolute atomic E-state index is 0.250. The highest BCUT2D eigenvalue weighted by atomic mass is 19.1. The summed E-state index contributed by atoms with van der Waals surface area (Å²) in [5.74, 6) is -1.13. The number of hydrogen-bond acceptors (Lipinski definition) is 4. The van der Waals surface area contributed by atoms with E-state index in [1.165, 1.54) is 12.1 Å². The smallest absolute Gasteiger partial charge is 0.250 e. The van der Waals surface area contributed by atoms with Crippen LogP contribution in [0.1, 0.15) is 11.1 Å². The van der Waals surface area contributed by atoms with Crippen molar-refractivity contribution in [2.45, 2.75) is 6.54 Å². The Hall–Kier alpha value is -3.24. The molecule has 0 aliphatic carbocycles. The first kappa shape index (κ1) is 18.1. The summed E-state index contributed by atoms with van der Waals surface area (Å²) in [4.78, 5) is 23.3. The first-order chi connectivity index (χ1) is 12.1. The number of carbonyl (C=O) groups excluding carboxylic acids is 2. The summed E-state index contributed by atoms with van der Waals surface area (Å²) in [5.41, 5.74) is 1.79. The van der Waals surface area contributed by atoms with Crippen LogP contribution in [0.3, 0.4) is 0 Å². The molecule has 2 amide bonds. The van der Waals surface area contributed by atoms with Gasteiger partial charge in [-0.15, -0.1) is 0 Å². The second kappa shape index (κ2) is 9.15. The Morgan fingerprint density at radius 2 is 1.64 bits per heavy atom. The number of nitriles is 1. The quantitative estimate of drug-likeness (QED) is 0.805. The number of hydrogen-bond donors (Lipinski definition) is 2. The predicted octanol–water partition coefficient (Wildman–Crippen LogP) is 1.97. The fourth-order valence-electron chi connectivity index (χ4n) is 1.92. The Bertz CT molecular complexity index is 768. The number of anilines is 1. The molecule has 6 nitrogen and oxygen atoms in total. The van der Waals surface area contributed by atoms with Crippen molar-refractivity contribution < 1.29 is 18.7 Å². The highest BCUT2D eigenvalue weighted by Gasteiger charge is 2.06. The molecule has 0 aliphatic rings. The summed E-state index contributed by atoms with van der Waals surface area (Å²) in [6.45, 7) is -0.286. The second-order valence-corrected chi connectivity index (χ2v) is 5.13. The Labute approximate surface area is 144 Å². The topological polar surface area (TPSA) is 91.2 Å². The third-order valence-corrected chi connectivity index (χ3v) is 3.17. The lowest BCUT2D eigenvalue weighted by molar-refractivity contribution is -0.128. The maximum absolute atomic E-state index is 12.8. The SMILES string of the molecule is N#Cc1ccc(NC(=O)COCC(=O)NCc2ccc(F)cc2)cc1. The number of amides is 2. The van der Waals surface area contributed by atoms with E-state index in [-0.39, 0.29) is 31.5 Å². The Morgan fingerprint density at radius 3 is 2.28 bits per heavy atom. The number of rotatable bonds is 7. The van der Waals surface area contributed by atoms with E-state index in [1.54, 1.807) is 36.4 Å². The van der Waals surface area contributed by atoms with Gasteiger partial charge in [-0.2, -0.15) is 5.26 Å². The molecule has 2 aromatic rings. The van der Waals surface area contributed by atoms with Crippen molar-refractivity contribution in [1.29, 1.82) is 5.26 Å². The third-order valence-electron chi connectivity index (χ3n) is 3.17. The molecule has 0 unspecified atom stereocenters. The summed E-state index contributed by atoms with van der Waals surface area (Å²) in [6.07, 6.45) is 0. The zero-order valence-corrected chi connectivity index (χ0v) is 13.3. The third kappa shape index (κ3) is 6.41. The number of halogens is 1. The minimum Gasteiger partial charge on any atom is -0.362 e. The van der Waals surface area contributed by atoms with Crippen LogP contribution in [0, 0.1) is 17.1 Å². The van der Waals surface area contributed by atoms with Crippen molar-refractivity contribution in [3.05, 3.63) is 65.5 Å². The summed E-state index contributed by atoms with van der Waals surface area (Å²) < 4.78 is 17.8. The number of nitrogens with one attached hydrogen (secondary N) is 2. The summed E-state index contributed by atoms with van der Waals surface area (Å²) >= 11 is 0. The molecule has 128 valence electrons. The van der Waals surface area contributed by atoms with Gasteiger partial charge in [0.2, 0.25) is 11.8 Å². The minimum atomic E-state index is -0.406. The van der Waals surface area contributed by atoms with Crippen LogP contribution in [0.5, 0.6) is 0 Å². The fourth-order valence-corrected chi connectivity index (χ4v) is 1.92. The molecule has 7 heteroatoms. The van der Waals surface area contributed by atoms with E-state index >= 15 is 0 Å². The van der Waals surface area contributed by atoms with E-state index in [2.05, 4.69) is 10.6 Å². The van der Waals surface area contributed by atoms with Gasteiger partial charge in [0.15, 0.2) is 0 Å². The zero-order chi connectivity index (χ0) is 18.1. The molecular formula is C18H16FN3O3. The van der Waals surface area contributed by atoms with Crippen molar-refractivity contribution in [3.8, 4) is 6.07 Å². The van der Waals surface area contributed by atoms with E-state index < -0.39 is 5.91 Å². The number of nitrogens with zero attached hydrogens (tertiary/aromatic N) is 1. The first-order valence-corrected chi connectivity index (χ1v) is 7.46. The van der Waals surface area contributed by atoms with Crippen molar-refractivity contribution in [2.75, 3.05) is 18.5 Å². The van der Waals surface area contributed by atoms with Gasteiger partial charge in [-0.25, -0.2) is 4.39 Å². The monoisotopic (exact) mass is 341 g/mol. The van der Waals surface area contributed by atoms with Crippen LogP contribution < -0.4 is 10.6 Å². The van der Waals surface area contributed by atoms with Crippen LogP contribution in [0.2, 0.25) is 0 Å². The van der Waals surface area contributed by atoms with Crippen molar-refractivity contribution in [3.63, 3.8) is 0 Å². The molecule has 0 bridgehead atoms. The van der Waals surface area contributed by atoms with Crippen LogP contribution in [-0.4, -0.2) is 25.0 Å². The molecule has 0 aliphatic heterocycles. The van der Waals surface area contributed by atoms with Crippen LogP contribution >= 0.6 is 0 Å². The molecule has 25 heavy (non-hydrogen) atoms. The van der Waals surface area contributed by atoms with Gasteiger partial charge in [0.25, 0.3) is 0 Å². The van der Waals surface area contributed by atoms with E-state index in [4.69, 9.17) is 10.00 Å². The molecule has 0 saturated carbocycles. The Kier molecular flexibility index (Phi) is 6.63. The standard InChI is InChI=1S/C18H16FN3O3/c19-15-5-1-14(2-6-15)10-21-17(23)11-25-12-18(24)22-16-7-3-13(9-20)4-8-16/h1-8H,10-12H2,(H,21,23)(H,22,24). The predicted molar refractivity (Wildman–Crippen MR) is 88.9 cm³/mol. The van der Waals surface area contributed by atoms with Crippen LogP contribution in [-0.2, 0) is 20.9 Å². The molecule has 0 fully saturated rings. The maximum Gasteiger partial charge on any atom is 0.250 e. The molecule has 0 heterocycles. The van der Waals surface area contributed by atoms with Crippen molar-refractivity contribution >= 4 is 17.5 Å². The van der Waals surface area contributed by atoms with Gasteiger partial charge in [-0.05, 0) is 42.0 Å². The highest BCUT2D eigenvalue weighted by molar-refractivity contribution is 5.91. The number of benzene rings is 2. The average Bonchev–Trinajstić information content (AvgIpc) is 2.62. The number of carbonyl (C=O) groups is 2. The van der Waals surface area contributed by atoms with Gasteiger partial charge < -0.3 is 15.4 Å². The summed E-state index contributed by atoms with van der Waals surface area (Å²) in [5, 5.41) is 13.9. The molecule has 0 aromatic heterocycles. The van der Waals surface area contributed by atoms with E-state index in [9.17, 15) is 14.0 Å². The van der Waals surface area contributed by atoms with Crippen LogP contribution in [0.25, 0.3) is 0 Å². The molecule has 0 atom stereocenters. The van der Waals surface area contributed by atoms with Gasteiger partial charge in [0.05, 0.1) is 11.6 Å². The van der Waals surface area contributed by atoms with Crippen molar-refractivity contribution in [2.24, 2.45) is 0 Å². The molecular weight excluding hydrogens is 325 g/mol. The number of ether oxygens (including phenoxy) is 1. The zero-order valence-electron chi connectivity index (χ0n) is 13.3. The van der Waals surface area contributed by atoms with Gasteiger partial charge >= 0.3 is 0 Å². The Balaban J connectivity index is 1.65. The molecule has 0 radical (unpaired) electrons. The molecule has 0 saturated heterocycles. The lowest BCUT2D eigenvalue weighted by Crippen LogP contribution is -2.29. The summed E-state index contributed by atoms with van der Waals surface area (Å²) in [7, 11) is 0. The fraction of sp³-hybridized carbons (Fsp3) is 0.167. The van der Waals surface area contributed by atoms with E-state index in [1.807, 2.05) is 6.07 Å². The normalized spacial score (nSPS) is 9.92.